The van der Waals surface area contributed by atoms with Crippen LogP contribution in [-0.2, 0) is 0 Å². The number of hydrogen-bond donors (Lipinski definition) is 1. The van der Waals surface area contributed by atoms with E-state index in [2.05, 4.69) is 5.32 Å². The van der Waals surface area contributed by atoms with Crippen LogP contribution in [0.2, 0.25) is 0 Å². The summed E-state index contributed by atoms with van der Waals surface area (Å²) >= 11 is 0. The zero-order chi connectivity index (χ0) is 12.9. The van der Waals surface area contributed by atoms with Gasteiger partial charge in [-0.25, -0.2) is 0 Å². The first kappa shape index (κ1) is 13.7. The van der Waals surface area contributed by atoms with Crippen LogP contribution in [0.3, 0.4) is 0 Å². The van der Waals surface area contributed by atoms with E-state index in [1.54, 1.807) is 24.3 Å². The number of nitrogens with one attached hydrogen (secondary N) is 1. The molecule has 0 aromatic heterocycles. The summed E-state index contributed by atoms with van der Waals surface area (Å²) < 4.78 is 41.1. The van der Waals surface area contributed by atoms with Gasteiger partial charge in [0.1, 0.15) is 5.75 Å². The van der Waals surface area contributed by atoms with Crippen LogP contribution in [-0.4, -0.2) is 18.8 Å². The van der Waals surface area contributed by atoms with Gasteiger partial charge in [-0.1, -0.05) is 0 Å². The lowest BCUT2D eigenvalue weighted by Crippen LogP contribution is -2.14. The maximum Gasteiger partial charge on any atom is 0.390 e. The molecule has 0 aliphatic heterocycles. The molecule has 0 spiro atoms. The summed E-state index contributed by atoms with van der Waals surface area (Å²) in [6, 6.07) is 6.87. The maximum atomic E-state index is 11.9. The Balaban J connectivity index is 2.40. The molecular formula is C12H16F3NO. The Kier molecular flexibility index (Phi) is 4.66. The highest BCUT2D eigenvalue weighted by molar-refractivity contribution is 5.46. The predicted octanol–water partition coefficient (Wildman–Crippen LogP) is 3.84. The van der Waals surface area contributed by atoms with Crippen molar-refractivity contribution in [3.8, 4) is 5.75 Å². The van der Waals surface area contributed by atoms with Gasteiger partial charge in [0.05, 0.1) is 12.5 Å². The Bertz CT molecular complexity index is 333. The molecule has 0 bridgehead atoms. The molecule has 0 saturated heterocycles. The molecule has 0 aliphatic rings. The van der Waals surface area contributed by atoms with Crippen molar-refractivity contribution in [2.75, 3.05) is 11.9 Å². The van der Waals surface area contributed by atoms with Crippen LogP contribution < -0.4 is 10.1 Å². The normalized spacial score (nSPS) is 11.6. The number of ether oxygens (including phenoxy) is 1. The number of anilines is 1. The van der Waals surface area contributed by atoms with Gasteiger partial charge in [0, 0.05) is 12.2 Å². The minimum Gasteiger partial charge on any atom is -0.491 e. The zero-order valence-corrected chi connectivity index (χ0v) is 9.84. The number of hydrogen-bond acceptors (Lipinski definition) is 2. The first-order valence-corrected chi connectivity index (χ1v) is 5.44. The monoisotopic (exact) mass is 247 g/mol. The topological polar surface area (TPSA) is 21.3 Å². The van der Waals surface area contributed by atoms with Gasteiger partial charge in [0.15, 0.2) is 0 Å². The Morgan fingerprint density at radius 1 is 1.18 bits per heavy atom. The summed E-state index contributed by atoms with van der Waals surface area (Å²) in [4.78, 5) is 0. The summed E-state index contributed by atoms with van der Waals surface area (Å²) in [6.45, 7) is 3.71. The second kappa shape index (κ2) is 5.80. The summed E-state index contributed by atoms with van der Waals surface area (Å²) in [7, 11) is 0. The number of rotatable bonds is 5. The molecule has 0 heterocycles. The first-order chi connectivity index (χ1) is 7.87. The third-order valence-electron chi connectivity index (χ3n) is 1.96. The van der Waals surface area contributed by atoms with Gasteiger partial charge in [-0.3, -0.25) is 0 Å². The van der Waals surface area contributed by atoms with Gasteiger partial charge < -0.3 is 10.1 Å². The molecule has 0 radical (unpaired) electrons. The van der Waals surface area contributed by atoms with E-state index in [1.165, 1.54) is 0 Å². The quantitative estimate of drug-likeness (QED) is 0.853. The smallest absolute Gasteiger partial charge is 0.390 e. The van der Waals surface area contributed by atoms with Crippen LogP contribution in [0.5, 0.6) is 5.75 Å². The summed E-state index contributed by atoms with van der Waals surface area (Å²) in [6.07, 6.45) is -4.87. The minimum absolute atomic E-state index is 0.0824. The van der Waals surface area contributed by atoms with E-state index in [-0.39, 0.29) is 12.6 Å². The van der Waals surface area contributed by atoms with E-state index in [9.17, 15) is 13.2 Å². The van der Waals surface area contributed by atoms with Gasteiger partial charge in [-0.15, -0.1) is 0 Å². The number of halogens is 3. The average Bonchev–Trinajstić information content (AvgIpc) is 2.18. The summed E-state index contributed by atoms with van der Waals surface area (Å²) in [5, 5.41) is 2.71. The zero-order valence-electron chi connectivity index (χ0n) is 9.84. The fourth-order valence-corrected chi connectivity index (χ4v) is 1.27. The molecule has 17 heavy (non-hydrogen) atoms. The highest BCUT2D eigenvalue weighted by Crippen LogP contribution is 2.20. The van der Waals surface area contributed by atoms with Crippen LogP contribution in [0.4, 0.5) is 18.9 Å². The van der Waals surface area contributed by atoms with E-state index in [0.29, 0.717) is 11.4 Å². The van der Waals surface area contributed by atoms with Crippen LogP contribution in [0.15, 0.2) is 24.3 Å². The van der Waals surface area contributed by atoms with Gasteiger partial charge in [-0.2, -0.15) is 13.2 Å². The molecule has 2 nitrogen and oxygen atoms in total. The molecule has 1 aromatic rings. The first-order valence-electron chi connectivity index (χ1n) is 5.44. The molecular weight excluding hydrogens is 231 g/mol. The van der Waals surface area contributed by atoms with Crippen LogP contribution in [0, 0.1) is 0 Å². The van der Waals surface area contributed by atoms with Gasteiger partial charge in [0.2, 0.25) is 0 Å². The third kappa shape index (κ3) is 6.04. The predicted molar refractivity (Wildman–Crippen MR) is 61.4 cm³/mol. The van der Waals surface area contributed by atoms with Crippen molar-refractivity contribution in [1.29, 1.82) is 0 Å². The number of benzene rings is 1. The van der Waals surface area contributed by atoms with Crippen LogP contribution in [0.25, 0.3) is 0 Å². The van der Waals surface area contributed by atoms with Crippen LogP contribution in [0.1, 0.15) is 20.3 Å². The van der Waals surface area contributed by atoms with Gasteiger partial charge in [-0.05, 0) is 38.1 Å². The summed E-state index contributed by atoms with van der Waals surface area (Å²) in [5.74, 6) is 0.710. The molecule has 0 amide bonds. The Morgan fingerprint density at radius 3 is 2.24 bits per heavy atom. The molecule has 0 aliphatic carbocycles. The Morgan fingerprint density at radius 2 is 1.76 bits per heavy atom. The second-order valence-corrected chi connectivity index (χ2v) is 3.98. The molecule has 1 aromatic carbocycles. The minimum atomic E-state index is -4.12. The fourth-order valence-electron chi connectivity index (χ4n) is 1.27. The molecule has 0 saturated carbocycles. The number of alkyl halides is 3. The van der Waals surface area contributed by atoms with E-state index in [4.69, 9.17) is 4.74 Å². The highest BCUT2D eigenvalue weighted by Gasteiger charge is 2.25. The van der Waals surface area contributed by atoms with Gasteiger partial charge >= 0.3 is 6.18 Å². The highest BCUT2D eigenvalue weighted by atomic mass is 19.4. The van der Waals surface area contributed by atoms with Crippen molar-refractivity contribution >= 4 is 5.69 Å². The fraction of sp³-hybridized carbons (Fsp3) is 0.500. The lowest BCUT2D eigenvalue weighted by molar-refractivity contribution is -0.131. The van der Waals surface area contributed by atoms with Crippen LogP contribution >= 0.6 is 0 Å². The standard InChI is InChI=1S/C12H16F3NO/c1-9(2)17-11-5-3-10(4-6-11)16-8-7-12(13,14)15/h3-6,9,16H,7-8H2,1-2H3. The summed E-state index contributed by atoms with van der Waals surface area (Å²) in [5.41, 5.74) is 0.658. The Labute approximate surface area is 98.8 Å². The van der Waals surface area contributed by atoms with Gasteiger partial charge in [0.25, 0.3) is 0 Å². The SMILES string of the molecule is CC(C)Oc1ccc(NCCC(F)(F)F)cc1. The van der Waals surface area contributed by atoms with E-state index in [1.807, 2.05) is 13.8 Å². The molecule has 1 N–H and O–H groups in total. The molecule has 0 fully saturated rings. The van der Waals surface area contributed by atoms with Crippen molar-refractivity contribution < 1.29 is 17.9 Å². The van der Waals surface area contributed by atoms with Crippen molar-refractivity contribution in [3.05, 3.63) is 24.3 Å². The molecule has 0 unspecified atom stereocenters. The van der Waals surface area contributed by atoms with Crippen molar-refractivity contribution in [2.45, 2.75) is 32.5 Å². The van der Waals surface area contributed by atoms with E-state index < -0.39 is 12.6 Å². The van der Waals surface area contributed by atoms with Crippen molar-refractivity contribution in [2.24, 2.45) is 0 Å². The van der Waals surface area contributed by atoms with Crippen molar-refractivity contribution in [1.82, 2.24) is 0 Å². The lowest BCUT2D eigenvalue weighted by atomic mass is 10.3. The maximum absolute atomic E-state index is 11.9. The second-order valence-electron chi connectivity index (χ2n) is 3.98. The van der Waals surface area contributed by atoms with E-state index in [0.717, 1.165) is 0 Å². The van der Waals surface area contributed by atoms with Crippen molar-refractivity contribution in [3.63, 3.8) is 0 Å². The molecule has 1 rings (SSSR count). The molecule has 5 heteroatoms. The van der Waals surface area contributed by atoms with E-state index >= 15 is 0 Å². The molecule has 96 valence electrons. The lowest BCUT2D eigenvalue weighted by Gasteiger charge is -2.11. The average molecular weight is 247 g/mol. The third-order valence-corrected chi connectivity index (χ3v) is 1.96. The Hall–Kier alpha value is -1.39. The largest absolute Gasteiger partial charge is 0.491 e. The molecule has 0 atom stereocenters.